The molecule has 3 N–H and O–H groups in total. The summed E-state index contributed by atoms with van der Waals surface area (Å²) >= 11 is 0. The predicted molar refractivity (Wildman–Crippen MR) is 66.5 cm³/mol. The van der Waals surface area contributed by atoms with Gasteiger partial charge in [0.2, 0.25) is 0 Å². The number of amides is 2. The van der Waals surface area contributed by atoms with Crippen LogP contribution in [0.1, 0.15) is 39.0 Å². The Morgan fingerprint density at radius 1 is 1.25 bits per heavy atom. The summed E-state index contributed by atoms with van der Waals surface area (Å²) in [4.78, 5) is 11.3. The van der Waals surface area contributed by atoms with E-state index in [4.69, 9.17) is 0 Å². The van der Waals surface area contributed by atoms with Crippen LogP contribution in [0.4, 0.5) is 4.79 Å². The fourth-order valence-corrected chi connectivity index (χ4v) is 2.00. The Kier molecular flexibility index (Phi) is 6.97. The number of urea groups is 1. The maximum Gasteiger partial charge on any atom is 0.314 e. The highest BCUT2D eigenvalue weighted by Gasteiger charge is 2.12. The van der Waals surface area contributed by atoms with Crippen LogP contribution in [-0.2, 0) is 0 Å². The fourth-order valence-electron chi connectivity index (χ4n) is 2.00. The van der Waals surface area contributed by atoms with Crippen molar-refractivity contribution < 1.29 is 4.79 Å². The van der Waals surface area contributed by atoms with E-state index in [0.717, 1.165) is 51.4 Å². The minimum atomic E-state index is -0.0117. The van der Waals surface area contributed by atoms with Crippen molar-refractivity contribution in [3.63, 3.8) is 0 Å². The highest BCUT2D eigenvalue weighted by atomic mass is 16.2. The van der Waals surface area contributed by atoms with Crippen molar-refractivity contribution in [2.75, 3.05) is 26.2 Å². The quantitative estimate of drug-likeness (QED) is 0.602. The van der Waals surface area contributed by atoms with Crippen molar-refractivity contribution in [3.05, 3.63) is 0 Å². The SMILES string of the molecule is CCCCNC(=O)NCCC1CCNCC1. The van der Waals surface area contributed by atoms with Crippen LogP contribution in [0.3, 0.4) is 0 Å². The first-order chi connectivity index (χ1) is 7.83. The maximum absolute atomic E-state index is 11.3. The molecule has 16 heavy (non-hydrogen) atoms. The van der Waals surface area contributed by atoms with Crippen LogP contribution >= 0.6 is 0 Å². The smallest absolute Gasteiger partial charge is 0.314 e. The number of hydrogen-bond donors (Lipinski definition) is 3. The van der Waals surface area contributed by atoms with Crippen molar-refractivity contribution in [3.8, 4) is 0 Å². The molecule has 0 bridgehead atoms. The predicted octanol–water partition coefficient (Wildman–Crippen LogP) is 1.48. The first kappa shape index (κ1) is 13.3. The lowest BCUT2D eigenvalue weighted by atomic mass is 9.95. The van der Waals surface area contributed by atoms with Gasteiger partial charge in [-0.25, -0.2) is 4.79 Å². The molecule has 0 unspecified atom stereocenters. The molecule has 0 aromatic carbocycles. The van der Waals surface area contributed by atoms with E-state index in [2.05, 4.69) is 22.9 Å². The van der Waals surface area contributed by atoms with Crippen LogP contribution in [0, 0.1) is 5.92 Å². The van der Waals surface area contributed by atoms with Crippen LogP contribution in [0.5, 0.6) is 0 Å². The van der Waals surface area contributed by atoms with Gasteiger partial charge in [-0.05, 0) is 44.7 Å². The van der Waals surface area contributed by atoms with Gasteiger partial charge in [0, 0.05) is 13.1 Å². The Labute approximate surface area is 98.6 Å². The second-order valence-corrected chi connectivity index (χ2v) is 4.52. The van der Waals surface area contributed by atoms with E-state index in [1.165, 1.54) is 12.8 Å². The molecule has 1 aliphatic heterocycles. The number of piperidine rings is 1. The number of carbonyl (C=O) groups is 1. The summed E-state index contributed by atoms with van der Waals surface area (Å²) in [6, 6.07) is -0.0117. The Balaban J connectivity index is 1.94. The molecule has 4 heteroatoms. The summed E-state index contributed by atoms with van der Waals surface area (Å²) in [5.41, 5.74) is 0. The lowest BCUT2D eigenvalue weighted by molar-refractivity contribution is 0.239. The molecule has 1 aliphatic rings. The standard InChI is InChI=1S/C12H25N3O/c1-2-3-7-14-12(16)15-10-6-11-4-8-13-9-5-11/h11,13H,2-10H2,1H3,(H2,14,15,16). The van der Waals surface area contributed by atoms with Gasteiger partial charge in [-0.2, -0.15) is 0 Å². The van der Waals surface area contributed by atoms with E-state index >= 15 is 0 Å². The summed E-state index contributed by atoms with van der Waals surface area (Å²) in [7, 11) is 0. The molecule has 0 saturated carbocycles. The zero-order valence-electron chi connectivity index (χ0n) is 10.3. The fraction of sp³-hybridized carbons (Fsp3) is 0.917. The van der Waals surface area contributed by atoms with Gasteiger partial charge in [0.15, 0.2) is 0 Å². The van der Waals surface area contributed by atoms with E-state index in [1.54, 1.807) is 0 Å². The van der Waals surface area contributed by atoms with Crippen LogP contribution < -0.4 is 16.0 Å². The minimum Gasteiger partial charge on any atom is -0.338 e. The summed E-state index contributed by atoms with van der Waals surface area (Å²) in [6.07, 6.45) is 5.79. The first-order valence-electron chi connectivity index (χ1n) is 6.55. The Bertz CT molecular complexity index is 191. The summed E-state index contributed by atoms with van der Waals surface area (Å²) in [5, 5.41) is 9.13. The molecule has 0 aliphatic carbocycles. The second-order valence-electron chi connectivity index (χ2n) is 4.52. The van der Waals surface area contributed by atoms with Crippen LogP contribution in [-0.4, -0.2) is 32.2 Å². The summed E-state index contributed by atoms with van der Waals surface area (Å²) in [6.45, 7) is 5.98. The maximum atomic E-state index is 11.3. The van der Waals surface area contributed by atoms with E-state index in [1.807, 2.05) is 0 Å². The molecule has 0 atom stereocenters. The lowest BCUT2D eigenvalue weighted by Crippen LogP contribution is -2.37. The molecule has 1 fully saturated rings. The van der Waals surface area contributed by atoms with E-state index < -0.39 is 0 Å². The van der Waals surface area contributed by atoms with Crippen molar-refractivity contribution >= 4 is 6.03 Å². The second kappa shape index (κ2) is 8.39. The third-order valence-electron chi connectivity index (χ3n) is 3.11. The Morgan fingerprint density at radius 2 is 1.94 bits per heavy atom. The molecular weight excluding hydrogens is 202 g/mol. The number of rotatable bonds is 6. The van der Waals surface area contributed by atoms with Crippen LogP contribution in [0.2, 0.25) is 0 Å². The van der Waals surface area contributed by atoms with Gasteiger partial charge in [-0.1, -0.05) is 13.3 Å². The van der Waals surface area contributed by atoms with Gasteiger partial charge in [-0.15, -0.1) is 0 Å². The third kappa shape index (κ3) is 5.95. The number of carbonyl (C=O) groups excluding carboxylic acids is 1. The molecule has 1 rings (SSSR count). The molecule has 2 amide bonds. The van der Waals surface area contributed by atoms with Gasteiger partial charge in [0.1, 0.15) is 0 Å². The molecule has 0 aromatic heterocycles. The van der Waals surface area contributed by atoms with Crippen molar-refractivity contribution in [2.24, 2.45) is 5.92 Å². The number of hydrogen-bond acceptors (Lipinski definition) is 2. The monoisotopic (exact) mass is 227 g/mol. The molecule has 0 radical (unpaired) electrons. The zero-order chi connectivity index (χ0) is 11.6. The van der Waals surface area contributed by atoms with Crippen molar-refractivity contribution in [1.82, 2.24) is 16.0 Å². The third-order valence-corrected chi connectivity index (χ3v) is 3.11. The van der Waals surface area contributed by atoms with E-state index in [9.17, 15) is 4.79 Å². The summed E-state index contributed by atoms with van der Waals surface area (Å²) < 4.78 is 0. The Morgan fingerprint density at radius 3 is 2.62 bits per heavy atom. The van der Waals surface area contributed by atoms with Gasteiger partial charge in [-0.3, -0.25) is 0 Å². The molecule has 94 valence electrons. The average molecular weight is 227 g/mol. The highest BCUT2D eigenvalue weighted by molar-refractivity contribution is 5.73. The first-order valence-corrected chi connectivity index (χ1v) is 6.55. The van der Waals surface area contributed by atoms with Crippen LogP contribution in [0.15, 0.2) is 0 Å². The lowest BCUT2D eigenvalue weighted by Gasteiger charge is -2.22. The van der Waals surface area contributed by atoms with Crippen molar-refractivity contribution in [2.45, 2.75) is 39.0 Å². The average Bonchev–Trinajstić information content (AvgIpc) is 2.31. The van der Waals surface area contributed by atoms with E-state index in [-0.39, 0.29) is 6.03 Å². The molecule has 0 aromatic rings. The molecule has 1 saturated heterocycles. The van der Waals surface area contributed by atoms with Gasteiger partial charge < -0.3 is 16.0 Å². The van der Waals surface area contributed by atoms with Crippen molar-refractivity contribution in [1.29, 1.82) is 0 Å². The summed E-state index contributed by atoms with van der Waals surface area (Å²) in [5.74, 6) is 0.789. The Hall–Kier alpha value is -0.770. The molecular formula is C12H25N3O. The van der Waals surface area contributed by atoms with Gasteiger partial charge in [0.25, 0.3) is 0 Å². The topological polar surface area (TPSA) is 53.2 Å². The largest absolute Gasteiger partial charge is 0.338 e. The number of nitrogens with one attached hydrogen (secondary N) is 3. The minimum absolute atomic E-state index is 0.0117. The van der Waals surface area contributed by atoms with Gasteiger partial charge >= 0.3 is 6.03 Å². The molecule has 4 nitrogen and oxygen atoms in total. The highest BCUT2D eigenvalue weighted by Crippen LogP contribution is 2.14. The molecule has 0 spiro atoms. The normalized spacial score (nSPS) is 17.1. The van der Waals surface area contributed by atoms with Gasteiger partial charge in [0.05, 0.1) is 0 Å². The zero-order valence-corrected chi connectivity index (χ0v) is 10.3. The van der Waals surface area contributed by atoms with E-state index in [0.29, 0.717) is 0 Å². The number of unbranched alkanes of at least 4 members (excludes halogenated alkanes) is 1. The van der Waals surface area contributed by atoms with Crippen LogP contribution in [0.25, 0.3) is 0 Å². The molecule has 1 heterocycles.